The highest BCUT2D eigenvalue weighted by atomic mass is 19.1. The van der Waals surface area contributed by atoms with Crippen LogP contribution in [0.25, 0.3) is 0 Å². The molecule has 0 fully saturated rings. The number of para-hydroxylation sites is 1. The summed E-state index contributed by atoms with van der Waals surface area (Å²) < 4.78 is 31.9. The molecule has 0 aliphatic heterocycles. The van der Waals surface area contributed by atoms with E-state index in [0.29, 0.717) is 5.75 Å². The first kappa shape index (κ1) is 15.3. The summed E-state index contributed by atoms with van der Waals surface area (Å²) in [5, 5.41) is 12.5. The van der Waals surface area contributed by atoms with Crippen LogP contribution in [0.2, 0.25) is 0 Å². The van der Waals surface area contributed by atoms with Crippen molar-refractivity contribution >= 4 is 5.69 Å². The molecule has 2 aromatic rings. The minimum Gasteiger partial charge on any atom is -0.491 e. The highest BCUT2D eigenvalue weighted by Crippen LogP contribution is 2.17. The molecule has 2 rings (SSSR count). The molecule has 3 nitrogen and oxygen atoms in total. The third-order valence-electron chi connectivity index (χ3n) is 2.98. The number of benzene rings is 2. The number of halogens is 2. The van der Waals surface area contributed by atoms with Crippen LogP contribution in [0.1, 0.15) is 5.56 Å². The highest BCUT2D eigenvalue weighted by molar-refractivity contribution is 5.44. The van der Waals surface area contributed by atoms with E-state index in [4.69, 9.17) is 4.74 Å². The van der Waals surface area contributed by atoms with Crippen LogP contribution in [0.5, 0.6) is 5.75 Å². The maximum Gasteiger partial charge on any atom is 0.146 e. The third-order valence-corrected chi connectivity index (χ3v) is 2.98. The Morgan fingerprint density at radius 2 is 1.95 bits per heavy atom. The fourth-order valence-corrected chi connectivity index (χ4v) is 1.82. The quantitative estimate of drug-likeness (QED) is 0.860. The number of nitrogens with one attached hydrogen (secondary N) is 1. The van der Waals surface area contributed by atoms with E-state index in [2.05, 4.69) is 5.32 Å². The molecule has 1 atom stereocenters. The average molecular weight is 293 g/mol. The van der Waals surface area contributed by atoms with Gasteiger partial charge in [0.2, 0.25) is 0 Å². The Balaban J connectivity index is 1.84. The number of ether oxygens (including phenoxy) is 1. The van der Waals surface area contributed by atoms with Gasteiger partial charge in [-0.3, -0.25) is 0 Å². The second kappa shape index (κ2) is 7.04. The first-order valence-electron chi connectivity index (χ1n) is 6.61. The van der Waals surface area contributed by atoms with Gasteiger partial charge in [0.05, 0.1) is 5.69 Å². The summed E-state index contributed by atoms with van der Waals surface area (Å²) >= 11 is 0. The van der Waals surface area contributed by atoms with Crippen molar-refractivity contribution in [2.24, 2.45) is 0 Å². The van der Waals surface area contributed by atoms with Crippen LogP contribution in [0.15, 0.2) is 42.5 Å². The Morgan fingerprint density at radius 3 is 2.71 bits per heavy atom. The van der Waals surface area contributed by atoms with Crippen molar-refractivity contribution in [3.05, 3.63) is 59.7 Å². The summed E-state index contributed by atoms with van der Waals surface area (Å²) in [5.41, 5.74) is 0.985. The minimum absolute atomic E-state index is 0.0185. The van der Waals surface area contributed by atoms with Gasteiger partial charge in [-0.1, -0.05) is 18.2 Å². The summed E-state index contributed by atoms with van der Waals surface area (Å²) in [4.78, 5) is 0. The van der Waals surface area contributed by atoms with E-state index in [-0.39, 0.29) is 18.8 Å². The molecule has 112 valence electrons. The van der Waals surface area contributed by atoms with Gasteiger partial charge >= 0.3 is 0 Å². The molecular formula is C16H17F2NO2. The Hall–Kier alpha value is -2.14. The van der Waals surface area contributed by atoms with Crippen LogP contribution < -0.4 is 10.1 Å². The molecule has 0 saturated heterocycles. The van der Waals surface area contributed by atoms with Crippen LogP contribution in [0, 0.1) is 18.6 Å². The molecule has 1 unspecified atom stereocenters. The predicted molar refractivity (Wildman–Crippen MR) is 77.5 cm³/mol. The molecule has 0 aliphatic carbocycles. The lowest BCUT2D eigenvalue weighted by Crippen LogP contribution is -2.26. The van der Waals surface area contributed by atoms with Crippen molar-refractivity contribution in [2.75, 3.05) is 18.5 Å². The predicted octanol–water partition coefficient (Wildman–Crippen LogP) is 3.13. The molecule has 2 aromatic carbocycles. The minimum atomic E-state index is -0.840. The molecule has 2 N–H and O–H groups in total. The SMILES string of the molecule is Cc1ccccc1OCC(O)CNc1cc(F)ccc1F. The lowest BCUT2D eigenvalue weighted by Gasteiger charge is -2.15. The van der Waals surface area contributed by atoms with Crippen LogP contribution in [0.3, 0.4) is 0 Å². The Kier molecular flexibility index (Phi) is 5.11. The van der Waals surface area contributed by atoms with E-state index in [9.17, 15) is 13.9 Å². The zero-order chi connectivity index (χ0) is 15.2. The van der Waals surface area contributed by atoms with E-state index in [0.717, 1.165) is 23.8 Å². The fourth-order valence-electron chi connectivity index (χ4n) is 1.82. The second-order valence-electron chi connectivity index (χ2n) is 4.74. The van der Waals surface area contributed by atoms with Crippen molar-refractivity contribution in [3.63, 3.8) is 0 Å². The van der Waals surface area contributed by atoms with Gasteiger partial charge in [0, 0.05) is 6.54 Å². The Labute approximate surface area is 122 Å². The molecule has 0 bridgehead atoms. The summed E-state index contributed by atoms with van der Waals surface area (Å²) in [5.74, 6) is -0.415. The van der Waals surface area contributed by atoms with Crippen LogP contribution in [0.4, 0.5) is 14.5 Å². The van der Waals surface area contributed by atoms with Crippen molar-refractivity contribution < 1.29 is 18.6 Å². The molecule has 0 heterocycles. The van der Waals surface area contributed by atoms with E-state index in [1.165, 1.54) is 0 Å². The van der Waals surface area contributed by atoms with Crippen molar-refractivity contribution in [3.8, 4) is 5.75 Å². The number of hydrogen-bond acceptors (Lipinski definition) is 3. The molecule has 0 aliphatic rings. The topological polar surface area (TPSA) is 41.5 Å². The van der Waals surface area contributed by atoms with Crippen molar-refractivity contribution in [2.45, 2.75) is 13.0 Å². The lowest BCUT2D eigenvalue weighted by atomic mass is 10.2. The largest absolute Gasteiger partial charge is 0.491 e. The number of aryl methyl sites for hydroxylation is 1. The molecule has 0 saturated carbocycles. The summed E-state index contributed by atoms with van der Waals surface area (Å²) in [6, 6.07) is 10.6. The van der Waals surface area contributed by atoms with E-state index in [1.54, 1.807) is 0 Å². The molecule has 21 heavy (non-hydrogen) atoms. The van der Waals surface area contributed by atoms with Gasteiger partial charge in [-0.2, -0.15) is 0 Å². The monoisotopic (exact) mass is 293 g/mol. The van der Waals surface area contributed by atoms with Crippen molar-refractivity contribution in [1.82, 2.24) is 0 Å². The molecule has 5 heteroatoms. The summed E-state index contributed by atoms with van der Waals surface area (Å²) in [6.45, 7) is 2.03. The lowest BCUT2D eigenvalue weighted by molar-refractivity contribution is 0.117. The maximum absolute atomic E-state index is 13.4. The molecule has 0 aromatic heterocycles. The van der Waals surface area contributed by atoms with E-state index < -0.39 is 17.7 Å². The molecular weight excluding hydrogens is 276 g/mol. The number of hydrogen-bond donors (Lipinski definition) is 2. The summed E-state index contributed by atoms with van der Waals surface area (Å²) in [6.07, 6.45) is -0.840. The molecule has 0 radical (unpaired) electrons. The fraction of sp³-hybridized carbons (Fsp3) is 0.250. The van der Waals surface area contributed by atoms with Gasteiger partial charge in [-0.25, -0.2) is 8.78 Å². The average Bonchev–Trinajstić information content (AvgIpc) is 2.47. The Morgan fingerprint density at radius 1 is 1.19 bits per heavy atom. The first-order valence-corrected chi connectivity index (χ1v) is 6.61. The van der Waals surface area contributed by atoms with Gasteiger partial charge in [-0.05, 0) is 36.8 Å². The standard InChI is InChI=1S/C16H17F2NO2/c1-11-4-2-3-5-16(11)21-10-13(20)9-19-15-8-12(17)6-7-14(15)18/h2-8,13,19-20H,9-10H2,1H3. The van der Waals surface area contributed by atoms with Crippen LogP contribution in [-0.4, -0.2) is 24.4 Å². The van der Waals surface area contributed by atoms with Crippen molar-refractivity contribution in [1.29, 1.82) is 0 Å². The second-order valence-corrected chi connectivity index (χ2v) is 4.74. The number of aliphatic hydroxyl groups is 1. The number of rotatable bonds is 6. The van der Waals surface area contributed by atoms with Gasteiger partial charge in [-0.15, -0.1) is 0 Å². The molecule has 0 amide bonds. The zero-order valence-electron chi connectivity index (χ0n) is 11.6. The Bertz CT molecular complexity index is 605. The van der Waals surface area contributed by atoms with Gasteiger partial charge in [0.15, 0.2) is 0 Å². The van der Waals surface area contributed by atoms with Gasteiger partial charge in [0.1, 0.15) is 30.1 Å². The van der Waals surface area contributed by atoms with E-state index in [1.807, 2.05) is 31.2 Å². The summed E-state index contributed by atoms with van der Waals surface area (Å²) in [7, 11) is 0. The van der Waals surface area contributed by atoms with Crippen LogP contribution >= 0.6 is 0 Å². The number of anilines is 1. The highest BCUT2D eigenvalue weighted by Gasteiger charge is 2.09. The number of aliphatic hydroxyl groups excluding tert-OH is 1. The molecule has 0 spiro atoms. The normalized spacial score (nSPS) is 12.0. The van der Waals surface area contributed by atoms with E-state index >= 15 is 0 Å². The smallest absolute Gasteiger partial charge is 0.146 e. The van der Waals surface area contributed by atoms with Crippen LogP contribution in [-0.2, 0) is 0 Å². The van der Waals surface area contributed by atoms with Gasteiger partial charge in [0.25, 0.3) is 0 Å². The third kappa shape index (κ3) is 4.43. The zero-order valence-corrected chi connectivity index (χ0v) is 11.6. The first-order chi connectivity index (χ1) is 10.1. The maximum atomic E-state index is 13.4. The van der Waals surface area contributed by atoms with Gasteiger partial charge < -0.3 is 15.2 Å².